The predicted molar refractivity (Wildman–Crippen MR) is 127 cm³/mol. The second kappa shape index (κ2) is 9.02. The van der Waals surface area contributed by atoms with Gasteiger partial charge in [0.15, 0.2) is 0 Å². The number of carbonyl (C=O) groups is 3. The molecule has 0 bridgehead atoms. The van der Waals surface area contributed by atoms with Crippen LogP contribution in [0.2, 0.25) is 0 Å². The molecule has 5 rings (SSSR count). The molecule has 2 aliphatic rings. The fraction of sp³-hybridized carbons (Fsp3) is 0.222. The van der Waals surface area contributed by atoms with Crippen LogP contribution in [0.5, 0.6) is 0 Å². The van der Waals surface area contributed by atoms with Gasteiger partial charge in [0.05, 0.1) is 6.42 Å². The number of benzene rings is 3. The number of carbonyl (C=O) groups excluding carboxylic acids is 2. The number of amides is 2. The lowest BCUT2D eigenvalue weighted by atomic mass is 9.98. The van der Waals surface area contributed by atoms with Crippen molar-refractivity contribution in [2.45, 2.75) is 24.8 Å². The maximum Gasteiger partial charge on any atom is 0.411 e. The first kappa shape index (κ1) is 21.7. The SMILES string of the molecule is O=C(Nc1ccc(CC(=O)N2CCC2C(=O)O)cc1)OCC1c2ccccc2-c2ccccc21. The number of ether oxygens (including phenoxy) is 1. The average molecular weight is 456 g/mol. The summed E-state index contributed by atoms with van der Waals surface area (Å²) >= 11 is 0. The van der Waals surface area contributed by atoms with Crippen LogP contribution >= 0.6 is 0 Å². The van der Waals surface area contributed by atoms with Gasteiger partial charge in [-0.05, 0) is 46.4 Å². The Balaban J connectivity index is 1.17. The van der Waals surface area contributed by atoms with Gasteiger partial charge >= 0.3 is 12.1 Å². The van der Waals surface area contributed by atoms with Gasteiger partial charge in [0.1, 0.15) is 12.6 Å². The third kappa shape index (κ3) is 4.12. The second-order valence-corrected chi connectivity index (χ2v) is 8.55. The van der Waals surface area contributed by atoms with E-state index in [2.05, 4.69) is 29.6 Å². The molecule has 0 radical (unpaired) electrons. The summed E-state index contributed by atoms with van der Waals surface area (Å²) in [4.78, 5) is 37.3. The number of nitrogens with zero attached hydrogens (tertiary/aromatic N) is 1. The smallest absolute Gasteiger partial charge is 0.411 e. The second-order valence-electron chi connectivity index (χ2n) is 8.55. The largest absolute Gasteiger partial charge is 0.480 e. The number of rotatable bonds is 6. The third-order valence-electron chi connectivity index (χ3n) is 6.52. The molecule has 1 fully saturated rings. The Morgan fingerprint density at radius 1 is 0.912 bits per heavy atom. The van der Waals surface area contributed by atoms with Crippen molar-refractivity contribution in [1.82, 2.24) is 4.90 Å². The lowest BCUT2D eigenvalue weighted by molar-refractivity contribution is -0.156. The van der Waals surface area contributed by atoms with Crippen molar-refractivity contribution in [3.63, 3.8) is 0 Å². The monoisotopic (exact) mass is 456 g/mol. The van der Waals surface area contributed by atoms with E-state index in [1.54, 1.807) is 24.3 Å². The number of nitrogens with one attached hydrogen (secondary N) is 1. The highest BCUT2D eigenvalue weighted by Crippen LogP contribution is 2.44. The number of aliphatic carboxylic acids is 1. The number of likely N-dealkylation sites (tertiary alicyclic amines) is 1. The topological polar surface area (TPSA) is 95.9 Å². The molecule has 3 aromatic rings. The summed E-state index contributed by atoms with van der Waals surface area (Å²) in [5.41, 5.74) is 5.95. The molecule has 7 nitrogen and oxygen atoms in total. The number of carboxylic acids is 1. The number of anilines is 1. The summed E-state index contributed by atoms with van der Waals surface area (Å²) in [6.45, 7) is 0.699. The Morgan fingerprint density at radius 3 is 2.09 bits per heavy atom. The van der Waals surface area contributed by atoms with Crippen LogP contribution in [0.1, 0.15) is 29.0 Å². The van der Waals surface area contributed by atoms with Crippen molar-refractivity contribution in [2.75, 3.05) is 18.5 Å². The number of hydrogen-bond acceptors (Lipinski definition) is 4. The standard InChI is InChI=1S/C27H24N2O5/c30-25(29-14-13-24(29)26(31)32)15-17-9-11-18(12-10-17)28-27(33)34-16-23-21-7-3-1-5-19(21)20-6-2-4-8-22(20)23/h1-12,23-24H,13-16H2,(H,28,33)(H,31,32). The van der Waals surface area contributed by atoms with Gasteiger partial charge in [-0.1, -0.05) is 60.7 Å². The van der Waals surface area contributed by atoms with Crippen LogP contribution in [-0.4, -0.2) is 47.2 Å². The molecule has 2 amide bonds. The molecule has 1 aliphatic carbocycles. The molecule has 1 saturated heterocycles. The molecule has 3 aromatic carbocycles. The molecule has 0 spiro atoms. The first-order chi connectivity index (χ1) is 16.5. The first-order valence-corrected chi connectivity index (χ1v) is 11.2. The minimum absolute atomic E-state index is 0.0114. The first-order valence-electron chi connectivity index (χ1n) is 11.2. The van der Waals surface area contributed by atoms with Gasteiger partial charge in [-0.15, -0.1) is 0 Å². The Bertz CT molecular complexity index is 1210. The van der Waals surface area contributed by atoms with Crippen LogP contribution < -0.4 is 5.32 Å². The van der Waals surface area contributed by atoms with Crippen LogP contribution in [0.15, 0.2) is 72.8 Å². The molecule has 34 heavy (non-hydrogen) atoms. The summed E-state index contributed by atoms with van der Waals surface area (Å²) in [5.74, 6) is -1.19. The molecular weight excluding hydrogens is 432 g/mol. The fourth-order valence-electron chi connectivity index (χ4n) is 4.68. The molecule has 172 valence electrons. The minimum atomic E-state index is -0.970. The van der Waals surface area contributed by atoms with Crippen molar-refractivity contribution in [3.8, 4) is 11.1 Å². The molecule has 1 atom stereocenters. The highest BCUT2D eigenvalue weighted by Gasteiger charge is 2.37. The quantitative estimate of drug-likeness (QED) is 0.577. The fourth-order valence-corrected chi connectivity index (χ4v) is 4.68. The van der Waals surface area contributed by atoms with E-state index in [9.17, 15) is 14.4 Å². The van der Waals surface area contributed by atoms with E-state index in [4.69, 9.17) is 9.84 Å². The average Bonchev–Trinajstić information content (AvgIpc) is 3.12. The zero-order valence-corrected chi connectivity index (χ0v) is 18.4. The maximum atomic E-state index is 12.4. The molecule has 0 aromatic heterocycles. The van der Waals surface area contributed by atoms with Crippen LogP contribution in [0, 0.1) is 0 Å². The van der Waals surface area contributed by atoms with Gasteiger partial charge in [0.2, 0.25) is 5.91 Å². The summed E-state index contributed by atoms with van der Waals surface area (Å²) < 4.78 is 5.56. The number of fused-ring (bicyclic) bond motifs is 3. The van der Waals surface area contributed by atoms with E-state index in [0.29, 0.717) is 18.7 Å². The number of hydrogen-bond donors (Lipinski definition) is 2. The lowest BCUT2D eigenvalue weighted by Gasteiger charge is -2.38. The summed E-state index contributed by atoms with van der Waals surface area (Å²) in [6, 6.07) is 22.5. The Hall–Kier alpha value is -4.13. The minimum Gasteiger partial charge on any atom is -0.480 e. The van der Waals surface area contributed by atoms with Crippen molar-refractivity contribution >= 4 is 23.7 Å². The highest BCUT2D eigenvalue weighted by atomic mass is 16.5. The van der Waals surface area contributed by atoms with E-state index in [1.807, 2.05) is 24.3 Å². The van der Waals surface area contributed by atoms with Gasteiger partial charge in [-0.2, -0.15) is 0 Å². The summed E-state index contributed by atoms with van der Waals surface area (Å²) in [5, 5.41) is 11.8. The van der Waals surface area contributed by atoms with Crippen molar-refractivity contribution in [3.05, 3.63) is 89.5 Å². The van der Waals surface area contributed by atoms with Gasteiger partial charge in [-0.3, -0.25) is 10.1 Å². The molecule has 1 unspecified atom stereocenters. The van der Waals surface area contributed by atoms with Gasteiger partial charge in [-0.25, -0.2) is 9.59 Å². The summed E-state index contributed by atoms with van der Waals surface area (Å²) in [6.07, 6.45) is 0.0644. The Morgan fingerprint density at radius 2 is 1.53 bits per heavy atom. The van der Waals surface area contributed by atoms with E-state index >= 15 is 0 Å². The van der Waals surface area contributed by atoms with E-state index in [1.165, 1.54) is 16.0 Å². The molecule has 7 heteroatoms. The predicted octanol–water partition coefficient (Wildman–Crippen LogP) is 4.28. The van der Waals surface area contributed by atoms with Gasteiger partial charge in [0.25, 0.3) is 0 Å². The van der Waals surface area contributed by atoms with Crippen molar-refractivity contribution in [1.29, 1.82) is 0 Å². The summed E-state index contributed by atoms with van der Waals surface area (Å²) in [7, 11) is 0. The van der Waals surface area contributed by atoms with Crippen LogP contribution in [0.25, 0.3) is 11.1 Å². The zero-order valence-electron chi connectivity index (χ0n) is 18.4. The Labute approximate surface area is 197 Å². The molecular formula is C27H24N2O5. The molecule has 0 saturated carbocycles. The van der Waals surface area contributed by atoms with Gasteiger partial charge < -0.3 is 14.7 Å². The van der Waals surface area contributed by atoms with Crippen LogP contribution in [-0.2, 0) is 20.7 Å². The van der Waals surface area contributed by atoms with Crippen LogP contribution in [0.3, 0.4) is 0 Å². The Kier molecular flexibility index (Phi) is 5.76. The zero-order chi connectivity index (χ0) is 23.7. The van der Waals surface area contributed by atoms with E-state index in [0.717, 1.165) is 16.7 Å². The van der Waals surface area contributed by atoms with Gasteiger partial charge in [0, 0.05) is 18.2 Å². The van der Waals surface area contributed by atoms with Crippen molar-refractivity contribution < 1.29 is 24.2 Å². The van der Waals surface area contributed by atoms with E-state index < -0.39 is 18.1 Å². The highest BCUT2D eigenvalue weighted by molar-refractivity contribution is 5.87. The molecule has 1 heterocycles. The van der Waals surface area contributed by atoms with E-state index in [-0.39, 0.29) is 24.9 Å². The lowest BCUT2D eigenvalue weighted by Crippen LogP contribution is -2.55. The normalized spacial score (nSPS) is 16.2. The molecule has 1 aliphatic heterocycles. The van der Waals surface area contributed by atoms with Crippen LogP contribution in [0.4, 0.5) is 10.5 Å². The molecule has 2 N–H and O–H groups in total. The number of carboxylic acid groups (broad SMARTS) is 1. The third-order valence-corrected chi connectivity index (χ3v) is 6.52. The maximum absolute atomic E-state index is 12.4. The van der Waals surface area contributed by atoms with Crippen molar-refractivity contribution in [2.24, 2.45) is 0 Å².